The van der Waals surface area contributed by atoms with E-state index in [4.69, 9.17) is 4.74 Å². The summed E-state index contributed by atoms with van der Waals surface area (Å²) in [7, 11) is -3.28. The average molecular weight is 441 g/mol. The average Bonchev–Trinajstić information content (AvgIpc) is 3.46. The molecule has 0 radical (unpaired) electrons. The summed E-state index contributed by atoms with van der Waals surface area (Å²) in [6, 6.07) is 4.16. The molecule has 3 amide bonds. The Kier molecular flexibility index (Phi) is 7.33. The number of ether oxygens (including phenoxy) is 1. The zero-order valence-electron chi connectivity index (χ0n) is 17.2. The first-order valence-corrected chi connectivity index (χ1v) is 12.3. The highest BCUT2D eigenvalue weighted by Crippen LogP contribution is 2.31. The van der Waals surface area contributed by atoms with Crippen molar-refractivity contribution < 1.29 is 27.1 Å². The summed E-state index contributed by atoms with van der Waals surface area (Å²) in [4.78, 5) is 24.1. The van der Waals surface area contributed by atoms with Gasteiger partial charge in [-0.15, -0.1) is 0 Å². The van der Waals surface area contributed by atoms with Crippen molar-refractivity contribution in [3.63, 3.8) is 0 Å². The number of halogens is 1. The van der Waals surface area contributed by atoms with Crippen LogP contribution in [0.2, 0.25) is 0 Å². The lowest BCUT2D eigenvalue weighted by atomic mass is 10.0. The van der Waals surface area contributed by atoms with Crippen LogP contribution in [0.1, 0.15) is 50.5 Å². The number of hydrogen-bond acceptors (Lipinski definition) is 5. The molecule has 2 aliphatic rings. The van der Waals surface area contributed by atoms with Crippen molar-refractivity contribution in [2.75, 3.05) is 31.2 Å². The molecule has 2 fully saturated rings. The zero-order valence-corrected chi connectivity index (χ0v) is 18.0. The van der Waals surface area contributed by atoms with E-state index in [2.05, 4.69) is 5.32 Å². The highest BCUT2D eigenvalue weighted by Gasteiger charge is 2.27. The number of amides is 3. The Bertz CT molecular complexity index is 869. The van der Waals surface area contributed by atoms with Crippen LogP contribution in [-0.4, -0.2) is 56.5 Å². The quantitative estimate of drug-likeness (QED) is 0.399. The van der Waals surface area contributed by atoms with Crippen molar-refractivity contribution in [2.45, 2.75) is 44.9 Å². The Hall–Kier alpha value is -2.16. The van der Waals surface area contributed by atoms with E-state index >= 15 is 0 Å². The van der Waals surface area contributed by atoms with Crippen molar-refractivity contribution in [3.05, 3.63) is 29.6 Å². The SMILES string of the molecule is C[C@@H](CS(=O)(=O)CCCCCN1C(=O)CNC1=O)c1ccc(F)c(OCC2CC2)c1. The third kappa shape index (κ3) is 6.42. The van der Waals surface area contributed by atoms with Gasteiger partial charge in [0, 0.05) is 6.54 Å². The molecule has 1 saturated heterocycles. The molecule has 0 aromatic heterocycles. The van der Waals surface area contributed by atoms with Gasteiger partial charge in [-0.05, 0) is 55.2 Å². The summed E-state index contributed by atoms with van der Waals surface area (Å²) >= 11 is 0. The third-order valence-electron chi connectivity index (χ3n) is 5.47. The number of hydrogen-bond donors (Lipinski definition) is 1. The molecule has 1 aromatic carbocycles. The normalized spacial score (nSPS) is 17.9. The lowest BCUT2D eigenvalue weighted by molar-refractivity contribution is -0.125. The second-order valence-corrected chi connectivity index (χ2v) is 10.5. The molecule has 9 heteroatoms. The minimum atomic E-state index is -3.28. The van der Waals surface area contributed by atoms with Gasteiger partial charge in [0.1, 0.15) is 0 Å². The van der Waals surface area contributed by atoms with Gasteiger partial charge in [0.2, 0.25) is 5.91 Å². The van der Waals surface area contributed by atoms with Gasteiger partial charge in [-0.25, -0.2) is 17.6 Å². The first kappa shape index (κ1) is 22.5. The van der Waals surface area contributed by atoms with Gasteiger partial charge in [0.25, 0.3) is 0 Å². The zero-order chi connectivity index (χ0) is 21.7. The van der Waals surface area contributed by atoms with Gasteiger partial charge in [-0.2, -0.15) is 0 Å². The Morgan fingerprint density at radius 2 is 2.00 bits per heavy atom. The van der Waals surface area contributed by atoms with Gasteiger partial charge in [-0.3, -0.25) is 9.69 Å². The van der Waals surface area contributed by atoms with E-state index in [1.807, 2.05) is 6.92 Å². The van der Waals surface area contributed by atoms with Gasteiger partial charge >= 0.3 is 6.03 Å². The molecule has 1 heterocycles. The highest BCUT2D eigenvalue weighted by atomic mass is 32.2. The molecule has 1 aromatic rings. The van der Waals surface area contributed by atoms with Crippen molar-refractivity contribution in [1.82, 2.24) is 10.2 Å². The molecule has 0 unspecified atom stereocenters. The first-order valence-electron chi connectivity index (χ1n) is 10.5. The fourth-order valence-corrected chi connectivity index (χ4v) is 5.20. The minimum Gasteiger partial charge on any atom is -0.490 e. The molecular weight excluding hydrogens is 411 g/mol. The lowest BCUT2D eigenvalue weighted by Gasteiger charge is -2.15. The van der Waals surface area contributed by atoms with Crippen molar-refractivity contribution >= 4 is 21.8 Å². The van der Waals surface area contributed by atoms with Crippen LogP contribution in [0.4, 0.5) is 9.18 Å². The maximum absolute atomic E-state index is 13.9. The molecule has 0 spiro atoms. The number of urea groups is 1. The topological polar surface area (TPSA) is 92.8 Å². The summed E-state index contributed by atoms with van der Waals surface area (Å²) in [5, 5.41) is 2.45. The van der Waals surface area contributed by atoms with Crippen LogP contribution in [0.25, 0.3) is 0 Å². The molecule has 0 bridgehead atoms. The first-order chi connectivity index (χ1) is 14.2. The van der Waals surface area contributed by atoms with Crippen molar-refractivity contribution in [3.8, 4) is 5.75 Å². The van der Waals surface area contributed by atoms with Gasteiger partial charge in [-0.1, -0.05) is 19.4 Å². The molecule has 1 aliphatic heterocycles. The molecule has 7 nitrogen and oxygen atoms in total. The molecule has 3 rings (SSSR count). The third-order valence-corrected chi connectivity index (χ3v) is 7.39. The van der Waals surface area contributed by atoms with E-state index in [0.717, 1.165) is 23.3 Å². The van der Waals surface area contributed by atoms with E-state index in [1.54, 1.807) is 12.1 Å². The summed E-state index contributed by atoms with van der Waals surface area (Å²) in [5.41, 5.74) is 0.740. The number of nitrogens with one attached hydrogen (secondary N) is 1. The fourth-order valence-electron chi connectivity index (χ4n) is 3.44. The van der Waals surface area contributed by atoms with Gasteiger partial charge in [0.05, 0.1) is 24.7 Å². The van der Waals surface area contributed by atoms with Crippen LogP contribution in [-0.2, 0) is 14.6 Å². The molecule has 1 N–H and O–H groups in total. The fraction of sp³-hybridized carbons (Fsp3) is 0.619. The number of carbonyl (C=O) groups is 2. The summed E-state index contributed by atoms with van der Waals surface area (Å²) in [6.45, 7) is 2.65. The number of rotatable bonds is 12. The van der Waals surface area contributed by atoms with Crippen LogP contribution in [0, 0.1) is 11.7 Å². The van der Waals surface area contributed by atoms with Crippen LogP contribution in [0.3, 0.4) is 0 Å². The van der Waals surface area contributed by atoms with Crippen LogP contribution in [0.5, 0.6) is 5.75 Å². The molecule has 166 valence electrons. The highest BCUT2D eigenvalue weighted by molar-refractivity contribution is 7.91. The number of unbranched alkanes of at least 4 members (excludes halogenated alkanes) is 2. The van der Waals surface area contributed by atoms with Gasteiger partial charge in [0.15, 0.2) is 21.4 Å². The van der Waals surface area contributed by atoms with Crippen LogP contribution < -0.4 is 10.1 Å². The lowest BCUT2D eigenvalue weighted by Crippen LogP contribution is -2.31. The summed E-state index contributed by atoms with van der Waals surface area (Å²) < 4.78 is 44.5. The molecule has 1 atom stereocenters. The maximum atomic E-state index is 13.9. The standard InChI is InChI=1S/C21H29FN2O5S/c1-15(17-7-8-18(22)19(11-17)29-13-16-5-6-16)14-30(27,28)10-4-2-3-9-24-20(25)12-23-21(24)26/h7-8,11,15-16H,2-6,9-10,12-14H2,1H3,(H,23,26)/t15-/m0/s1. The monoisotopic (exact) mass is 440 g/mol. The van der Waals surface area contributed by atoms with Crippen molar-refractivity contribution in [1.29, 1.82) is 0 Å². The summed E-state index contributed by atoms with van der Waals surface area (Å²) in [6.07, 6.45) is 3.87. The number of imide groups is 1. The van der Waals surface area contributed by atoms with Gasteiger partial charge < -0.3 is 10.1 Å². The summed E-state index contributed by atoms with van der Waals surface area (Å²) in [5.74, 6) is -0.240. The molecular formula is C21H29FN2O5S. The number of carbonyl (C=O) groups excluding carboxylic acids is 2. The maximum Gasteiger partial charge on any atom is 0.324 e. The second kappa shape index (κ2) is 9.76. The van der Waals surface area contributed by atoms with E-state index < -0.39 is 15.7 Å². The Morgan fingerprint density at radius 3 is 2.67 bits per heavy atom. The van der Waals surface area contributed by atoms with E-state index in [-0.39, 0.29) is 41.7 Å². The Labute approximate surface area is 176 Å². The predicted molar refractivity (Wildman–Crippen MR) is 111 cm³/mol. The van der Waals surface area contributed by atoms with E-state index in [0.29, 0.717) is 38.3 Å². The Balaban J connectivity index is 1.43. The number of nitrogens with zero attached hydrogens (tertiary/aromatic N) is 1. The molecule has 30 heavy (non-hydrogen) atoms. The number of benzene rings is 1. The smallest absolute Gasteiger partial charge is 0.324 e. The van der Waals surface area contributed by atoms with E-state index in [9.17, 15) is 22.4 Å². The largest absolute Gasteiger partial charge is 0.490 e. The number of sulfone groups is 1. The van der Waals surface area contributed by atoms with Crippen LogP contribution in [0.15, 0.2) is 18.2 Å². The molecule has 1 saturated carbocycles. The van der Waals surface area contributed by atoms with Crippen molar-refractivity contribution in [2.24, 2.45) is 5.92 Å². The minimum absolute atomic E-state index is 0.0201. The Morgan fingerprint density at radius 1 is 1.23 bits per heavy atom. The molecule has 1 aliphatic carbocycles. The second-order valence-electron chi connectivity index (χ2n) is 8.22. The predicted octanol–water partition coefficient (Wildman–Crippen LogP) is 2.85. The van der Waals surface area contributed by atoms with E-state index in [1.165, 1.54) is 6.07 Å². The van der Waals surface area contributed by atoms with Crippen LogP contribution >= 0.6 is 0 Å².